The fourth-order valence-corrected chi connectivity index (χ4v) is 3.05. The molecule has 7 nitrogen and oxygen atoms in total. The molecule has 8 heteroatoms. The first-order valence-corrected chi connectivity index (χ1v) is 6.96. The first kappa shape index (κ1) is 13.2. The molecule has 0 saturated carbocycles. The van der Waals surface area contributed by atoms with E-state index in [-0.39, 0.29) is 5.91 Å². The zero-order chi connectivity index (χ0) is 14.6. The van der Waals surface area contributed by atoms with E-state index in [9.17, 15) is 9.59 Å². The number of alkyl halides is 1. The van der Waals surface area contributed by atoms with Gasteiger partial charge in [0.1, 0.15) is 0 Å². The number of rotatable bonds is 2. The van der Waals surface area contributed by atoms with Gasteiger partial charge >= 0.3 is 6.03 Å². The molecule has 0 radical (unpaired) electrons. The molecule has 3 heterocycles. The van der Waals surface area contributed by atoms with Crippen LogP contribution in [0.5, 0.6) is 0 Å². The Bertz CT molecular complexity index is 558. The smallest absolute Gasteiger partial charge is 0.313 e. The Hall–Kier alpha value is -1.76. The number of hydrogen-bond acceptors (Lipinski definition) is 5. The van der Waals surface area contributed by atoms with E-state index in [0.29, 0.717) is 18.4 Å². The van der Waals surface area contributed by atoms with Crippen molar-refractivity contribution in [3.05, 3.63) is 11.4 Å². The third kappa shape index (κ3) is 1.56. The SMILES string of the molecule is CC1=C(C)N2C(=NC3C2C(=O)NC(=O)N3C)N1CCCl. The molecule has 1 saturated heterocycles. The number of imide groups is 1. The Kier molecular flexibility index (Phi) is 2.89. The fourth-order valence-electron chi connectivity index (χ4n) is 2.88. The average molecular weight is 298 g/mol. The predicted molar refractivity (Wildman–Crippen MR) is 74.0 cm³/mol. The number of likely N-dealkylation sites (N-methyl/N-ethyl adjacent to an activating group) is 1. The van der Waals surface area contributed by atoms with Gasteiger partial charge in [-0.2, -0.15) is 0 Å². The van der Waals surface area contributed by atoms with Crippen molar-refractivity contribution >= 4 is 29.5 Å². The minimum absolute atomic E-state index is 0.309. The van der Waals surface area contributed by atoms with Gasteiger partial charge in [-0.3, -0.25) is 15.0 Å². The maximum atomic E-state index is 12.2. The molecular weight excluding hydrogens is 282 g/mol. The van der Waals surface area contributed by atoms with Gasteiger partial charge < -0.3 is 9.80 Å². The summed E-state index contributed by atoms with van der Waals surface area (Å²) in [5, 5.41) is 2.36. The number of allylic oxidation sites excluding steroid dienone is 2. The standard InChI is InChI=1S/C12H16ClN5O2/c1-6-7(2)18-8-9(14-11(18)17(6)5-4-13)16(3)12(20)15-10(8)19/h8-9H,4-5H2,1-3H3,(H,15,19,20). The van der Waals surface area contributed by atoms with Crippen LogP contribution in [0.25, 0.3) is 0 Å². The third-order valence-electron chi connectivity index (χ3n) is 4.08. The predicted octanol–water partition coefficient (Wildman–Crippen LogP) is 0.340. The van der Waals surface area contributed by atoms with Crippen LogP contribution in [0.4, 0.5) is 4.79 Å². The number of urea groups is 1. The minimum Gasteiger partial charge on any atom is -0.313 e. The van der Waals surface area contributed by atoms with Crippen molar-refractivity contribution in [3.8, 4) is 0 Å². The van der Waals surface area contributed by atoms with Gasteiger partial charge in [0.25, 0.3) is 5.91 Å². The Morgan fingerprint density at radius 2 is 2.00 bits per heavy atom. The van der Waals surface area contributed by atoms with Crippen LogP contribution in [-0.2, 0) is 4.79 Å². The Labute approximate surface area is 121 Å². The van der Waals surface area contributed by atoms with Crippen LogP contribution in [0, 0.1) is 0 Å². The number of carbonyl (C=O) groups excluding carboxylic acids is 2. The highest BCUT2D eigenvalue weighted by Crippen LogP contribution is 2.35. The summed E-state index contributed by atoms with van der Waals surface area (Å²) in [6.45, 7) is 4.55. The van der Waals surface area contributed by atoms with E-state index in [0.717, 1.165) is 11.4 Å². The molecule has 0 aromatic carbocycles. The van der Waals surface area contributed by atoms with Crippen molar-refractivity contribution in [1.29, 1.82) is 0 Å². The van der Waals surface area contributed by atoms with Crippen LogP contribution >= 0.6 is 11.6 Å². The van der Waals surface area contributed by atoms with Gasteiger partial charge in [0.05, 0.1) is 0 Å². The second kappa shape index (κ2) is 4.37. The molecule has 2 atom stereocenters. The summed E-state index contributed by atoms with van der Waals surface area (Å²) >= 11 is 5.84. The van der Waals surface area contributed by atoms with Crippen molar-refractivity contribution in [1.82, 2.24) is 20.0 Å². The highest BCUT2D eigenvalue weighted by molar-refractivity contribution is 6.18. The number of halogens is 1. The molecule has 20 heavy (non-hydrogen) atoms. The number of nitrogens with one attached hydrogen (secondary N) is 1. The second-order valence-electron chi connectivity index (χ2n) is 5.07. The molecule has 1 fully saturated rings. The van der Waals surface area contributed by atoms with E-state index in [2.05, 4.69) is 10.3 Å². The molecule has 3 rings (SSSR count). The van der Waals surface area contributed by atoms with Crippen LogP contribution < -0.4 is 5.32 Å². The molecule has 0 aliphatic carbocycles. The summed E-state index contributed by atoms with van der Waals surface area (Å²) in [5.74, 6) is 0.859. The Balaban J connectivity index is 2.02. The maximum absolute atomic E-state index is 12.2. The number of amides is 3. The van der Waals surface area contributed by atoms with E-state index in [4.69, 9.17) is 11.6 Å². The molecule has 3 aliphatic heterocycles. The average Bonchev–Trinajstić information content (AvgIpc) is 2.89. The van der Waals surface area contributed by atoms with Crippen LogP contribution in [0.15, 0.2) is 16.4 Å². The number of fused-ring (bicyclic) bond motifs is 3. The molecule has 0 aromatic heterocycles. The monoisotopic (exact) mass is 297 g/mol. The molecular formula is C12H16ClN5O2. The molecule has 2 unspecified atom stereocenters. The van der Waals surface area contributed by atoms with Crippen LogP contribution in [-0.4, -0.2) is 64.3 Å². The van der Waals surface area contributed by atoms with E-state index < -0.39 is 18.2 Å². The highest BCUT2D eigenvalue weighted by atomic mass is 35.5. The number of aliphatic imine (C=N–C) groups is 1. The largest absolute Gasteiger partial charge is 0.325 e. The summed E-state index contributed by atoms with van der Waals surface area (Å²) in [7, 11) is 1.64. The minimum atomic E-state index is -0.497. The lowest BCUT2D eigenvalue weighted by atomic mass is 10.1. The van der Waals surface area contributed by atoms with E-state index in [1.807, 2.05) is 23.6 Å². The van der Waals surface area contributed by atoms with Gasteiger partial charge in [-0.1, -0.05) is 0 Å². The first-order chi connectivity index (χ1) is 9.47. The van der Waals surface area contributed by atoms with Gasteiger partial charge in [-0.05, 0) is 13.8 Å². The van der Waals surface area contributed by atoms with Crippen LogP contribution in [0.3, 0.4) is 0 Å². The fraction of sp³-hybridized carbons (Fsp3) is 0.583. The molecule has 3 amide bonds. The van der Waals surface area contributed by atoms with E-state index in [1.165, 1.54) is 4.90 Å². The number of guanidine groups is 1. The molecule has 3 aliphatic rings. The van der Waals surface area contributed by atoms with E-state index in [1.54, 1.807) is 7.05 Å². The van der Waals surface area contributed by atoms with Crippen molar-refractivity contribution in [2.24, 2.45) is 4.99 Å². The quantitative estimate of drug-likeness (QED) is 0.746. The number of hydrogen-bond donors (Lipinski definition) is 1. The lowest BCUT2D eigenvalue weighted by molar-refractivity contribution is -0.126. The molecule has 1 N–H and O–H groups in total. The summed E-state index contributed by atoms with van der Waals surface area (Å²) in [6, 6.07) is -0.910. The lowest BCUT2D eigenvalue weighted by Crippen LogP contribution is -2.63. The summed E-state index contributed by atoms with van der Waals surface area (Å²) in [6.07, 6.45) is -0.480. The van der Waals surface area contributed by atoms with Crippen molar-refractivity contribution in [3.63, 3.8) is 0 Å². The van der Waals surface area contributed by atoms with Gasteiger partial charge in [-0.25, -0.2) is 9.79 Å². The van der Waals surface area contributed by atoms with Gasteiger partial charge in [-0.15, -0.1) is 11.6 Å². The van der Waals surface area contributed by atoms with Gasteiger partial charge in [0.2, 0.25) is 5.96 Å². The summed E-state index contributed by atoms with van der Waals surface area (Å²) in [4.78, 5) is 33.7. The number of nitrogens with zero attached hydrogens (tertiary/aromatic N) is 4. The molecule has 108 valence electrons. The second-order valence-corrected chi connectivity index (χ2v) is 5.45. The Morgan fingerprint density at radius 3 is 2.65 bits per heavy atom. The van der Waals surface area contributed by atoms with Crippen molar-refractivity contribution < 1.29 is 9.59 Å². The summed E-state index contributed by atoms with van der Waals surface area (Å²) < 4.78 is 0. The van der Waals surface area contributed by atoms with Gasteiger partial charge in [0.15, 0.2) is 12.2 Å². The first-order valence-electron chi connectivity index (χ1n) is 6.43. The molecule has 0 spiro atoms. The topological polar surface area (TPSA) is 68.2 Å². The maximum Gasteiger partial charge on any atom is 0.325 e. The van der Waals surface area contributed by atoms with Crippen LogP contribution in [0.2, 0.25) is 0 Å². The molecule has 0 bridgehead atoms. The van der Waals surface area contributed by atoms with Crippen LogP contribution in [0.1, 0.15) is 13.8 Å². The normalized spacial score (nSPS) is 28.8. The van der Waals surface area contributed by atoms with Crippen molar-refractivity contribution in [2.75, 3.05) is 19.5 Å². The van der Waals surface area contributed by atoms with Gasteiger partial charge in [0, 0.05) is 30.9 Å². The zero-order valence-corrected chi connectivity index (χ0v) is 12.3. The van der Waals surface area contributed by atoms with Crippen molar-refractivity contribution in [2.45, 2.75) is 26.1 Å². The zero-order valence-electron chi connectivity index (χ0n) is 11.6. The molecule has 0 aromatic rings. The summed E-state index contributed by atoms with van der Waals surface area (Å²) in [5.41, 5.74) is 2.01. The number of carbonyl (C=O) groups is 2. The third-order valence-corrected chi connectivity index (χ3v) is 4.25. The highest BCUT2D eigenvalue weighted by Gasteiger charge is 2.52. The lowest BCUT2D eigenvalue weighted by Gasteiger charge is -2.35. The Morgan fingerprint density at radius 1 is 1.30 bits per heavy atom. The van der Waals surface area contributed by atoms with E-state index >= 15 is 0 Å².